The van der Waals surface area contributed by atoms with E-state index < -0.39 is 6.04 Å². The second-order valence-electron chi connectivity index (χ2n) is 4.20. The lowest BCUT2D eigenvalue weighted by Gasteiger charge is -2.38. The van der Waals surface area contributed by atoms with Crippen molar-refractivity contribution < 1.29 is 14.0 Å². The van der Waals surface area contributed by atoms with Crippen molar-refractivity contribution in [1.29, 1.82) is 5.26 Å². The highest BCUT2D eigenvalue weighted by Gasteiger charge is 2.38. The molecular weight excluding hydrogens is 281 g/mol. The molecule has 0 saturated carbocycles. The lowest BCUT2D eigenvalue weighted by Crippen LogP contribution is -2.64. The number of benzene rings is 1. The number of nitrogens with one attached hydrogen (secondary N) is 1. The van der Waals surface area contributed by atoms with Crippen LogP contribution in [0.25, 0.3) is 0 Å². The maximum absolute atomic E-state index is 12.8. The van der Waals surface area contributed by atoms with E-state index in [1.54, 1.807) is 0 Å². The quantitative estimate of drug-likeness (QED) is 0.647. The number of β-lactam (4-membered cyclic amide) rings is 1. The summed E-state index contributed by atoms with van der Waals surface area (Å²) in [6, 6.07) is 7.00. The number of anilines is 1. The first-order chi connectivity index (χ1) is 9.61. The van der Waals surface area contributed by atoms with Crippen molar-refractivity contribution in [2.75, 3.05) is 23.0 Å². The van der Waals surface area contributed by atoms with E-state index in [0.29, 0.717) is 12.2 Å². The largest absolute Gasteiger partial charge is 0.342 e. The third kappa shape index (κ3) is 3.27. The smallest absolute Gasteiger partial charge is 0.251 e. The summed E-state index contributed by atoms with van der Waals surface area (Å²) in [5.74, 6) is -0.430. The van der Waals surface area contributed by atoms with Crippen molar-refractivity contribution >= 4 is 29.3 Å². The lowest BCUT2D eigenvalue weighted by molar-refractivity contribution is -0.129. The van der Waals surface area contributed by atoms with Gasteiger partial charge in [0.1, 0.15) is 11.9 Å². The number of nitrogens with zero attached hydrogens (tertiary/aromatic N) is 2. The van der Waals surface area contributed by atoms with Gasteiger partial charge >= 0.3 is 0 Å². The highest BCUT2D eigenvalue weighted by molar-refractivity contribution is 8.00. The van der Waals surface area contributed by atoms with E-state index in [1.807, 2.05) is 6.07 Å². The van der Waals surface area contributed by atoms with Crippen molar-refractivity contribution in [3.8, 4) is 6.07 Å². The minimum Gasteiger partial charge on any atom is -0.342 e. The van der Waals surface area contributed by atoms with Crippen molar-refractivity contribution in [3.05, 3.63) is 30.1 Å². The van der Waals surface area contributed by atoms with Crippen LogP contribution in [0, 0.1) is 17.1 Å². The summed E-state index contributed by atoms with van der Waals surface area (Å²) in [6.45, 7) is 0.374. The molecule has 2 rings (SSSR count). The van der Waals surface area contributed by atoms with E-state index >= 15 is 0 Å². The zero-order valence-corrected chi connectivity index (χ0v) is 11.3. The molecule has 104 valence electrons. The molecule has 1 atom stereocenters. The summed E-state index contributed by atoms with van der Waals surface area (Å²) < 4.78 is 12.8. The second-order valence-corrected chi connectivity index (χ2v) is 5.18. The third-order valence-electron chi connectivity index (χ3n) is 2.80. The van der Waals surface area contributed by atoms with Gasteiger partial charge in [-0.15, -0.1) is 11.8 Å². The lowest BCUT2D eigenvalue weighted by atomic mass is 10.1. The molecule has 1 aliphatic rings. The number of carbonyl (C=O) groups is 2. The second kappa shape index (κ2) is 6.39. The number of amides is 2. The van der Waals surface area contributed by atoms with Crippen LogP contribution in [0.5, 0.6) is 0 Å². The minimum absolute atomic E-state index is 0.161. The number of rotatable bonds is 5. The molecule has 1 heterocycles. The summed E-state index contributed by atoms with van der Waals surface area (Å²) in [6.07, 6.45) is 0. The fourth-order valence-electron chi connectivity index (χ4n) is 1.81. The Balaban J connectivity index is 1.82. The Kier molecular flexibility index (Phi) is 4.58. The van der Waals surface area contributed by atoms with Crippen LogP contribution in [0.4, 0.5) is 10.1 Å². The average Bonchev–Trinajstić information content (AvgIpc) is 2.44. The Bertz CT molecular complexity index is 556. The summed E-state index contributed by atoms with van der Waals surface area (Å²) >= 11 is 1.20. The molecule has 0 aromatic heterocycles. The van der Waals surface area contributed by atoms with Crippen LogP contribution in [0.2, 0.25) is 0 Å². The molecule has 1 aromatic carbocycles. The molecule has 2 amide bonds. The predicted molar refractivity (Wildman–Crippen MR) is 73.6 cm³/mol. The van der Waals surface area contributed by atoms with Gasteiger partial charge < -0.3 is 10.2 Å². The molecule has 1 saturated heterocycles. The Morgan fingerprint density at radius 1 is 1.50 bits per heavy atom. The van der Waals surface area contributed by atoms with Crippen LogP contribution in [0.3, 0.4) is 0 Å². The molecule has 1 N–H and O–H groups in total. The van der Waals surface area contributed by atoms with Gasteiger partial charge in [0.25, 0.3) is 5.91 Å². The van der Waals surface area contributed by atoms with Crippen LogP contribution < -0.4 is 10.2 Å². The van der Waals surface area contributed by atoms with E-state index in [0.717, 1.165) is 0 Å². The summed E-state index contributed by atoms with van der Waals surface area (Å²) in [5, 5.41) is 11.0. The molecule has 7 heteroatoms. The van der Waals surface area contributed by atoms with Gasteiger partial charge in [0.05, 0.1) is 24.1 Å². The molecule has 0 unspecified atom stereocenters. The van der Waals surface area contributed by atoms with Crippen LogP contribution >= 0.6 is 11.8 Å². The summed E-state index contributed by atoms with van der Waals surface area (Å²) in [5.41, 5.74) is 0.612. The molecule has 5 nitrogen and oxygen atoms in total. The fraction of sp³-hybridized carbons (Fsp3) is 0.308. The topological polar surface area (TPSA) is 73.2 Å². The molecule has 20 heavy (non-hydrogen) atoms. The first kappa shape index (κ1) is 14.3. The van der Waals surface area contributed by atoms with Gasteiger partial charge in [0, 0.05) is 5.69 Å². The molecular formula is C13H12FN3O2S. The first-order valence-electron chi connectivity index (χ1n) is 5.93. The van der Waals surface area contributed by atoms with Crippen LogP contribution in [-0.4, -0.2) is 35.9 Å². The van der Waals surface area contributed by atoms with Crippen molar-refractivity contribution in [1.82, 2.24) is 5.32 Å². The van der Waals surface area contributed by atoms with Crippen LogP contribution in [0.1, 0.15) is 0 Å². The molecule has 0 aliphatic carbocycles. The van der Waals surface area contributed by atoms with E-state index in [1.165, 1.54) is 40.9 Å². The monoisotopic (exact) mass is 293 g/mol. The highest BCUT2D eigenvalue weighted by atomic mass is 32.2. The number of carbonyl (C=O) groups excluding carboxylic acids is 2. The van der Waals surface area contributed by atoms with Crippen molar-refractivity contribution in [2.24, 2.45) is 0 Å². The molecule has 1 fully saturated rings. The van der Waals surface area contributed by atoms with Gasteiger partial charge in [0.2, 0.25) is 5.91 Å². The third-order valence-corrected chi connectivity index (χ3v) is 3.60. The minimum atomic E-state index is -0.532. The van der Waals surface area contributed by atoms with Crippen LogP contribution in [0.15, 0.2) is 24.3 Å². The van der Waals surface area contributed by atoms with Crippen LogP contribution in [-0.2, 0) is 9.59 Å². The van der Waals surface area contributed by atoms with Crippen molar-refractivity contribution in [3.63, 3.8) is 0 Å². The number of hydrogen-bond acceptors (Lipinski definition) is 4. The van der Waals surface area contributed by atoms with Crippen molar-refractivity contribution in [2.45, 2.75) is 6.04 Å². The molecule has 0 bridgehead atoms. The average molecular weight is 293 g/mol. The maximum Gasteiger partial charge on any atom is 0.251 e. The van der Waals surface area contributed by atoms with Gasteiger partial charge in [-0.1, -0.05) is 0 Å². The highest BCUT2D eigenvalue weighted by Crippen LogP contribution is 2.22. The van der Waals surface area contributed by atoms with Gasteiger partial charge in [-0.3, -0.25) is 9.59 Å². The number of nitriles is 1. The summed E-state index contributed by atoms with van der Waals surface area (Å²) in [7, 11) is 0. The predicted octanol–water partition coefficient (Wildman–Crippen LogP) is 0.914. The van der Waals surface area contributed by atoms with E-state index in [2.05, 4.69) is 5.32 Å². The zero-order valence-electron chi connectivity index (χ0n) is 10.5. The number of halogens is 1. The van der Waals surface area contributed by atoms with E-state index in [4.69, 9.17) is 5.26 Å². The fourth-order valence-corrected chi connectivity index (χ4v) is 2.27. The standard InChI is InChI=1S/C13H12FN3O2S/c14-9-1-3-10(4-2-9)17-7-11(13(17)19)16-12(18)8-20-6-5-15/h1-4,11H,6-8H2,(H,16,18)/t11-/m1/s1. The van der Waals surface area contributed by atoms with Gasteiger partial charge in [-0.25, -0.2) is 4.39 Å². The SMILES string of the molecule is N#CCSCC(=O)N[C@@H]1CN(c2ccc(F)cc2)C1=O. The normalized spacial score (nSPS) is 17.3. The first-order valence-corrected chi connectivity index (χ1v) is 7.08. The van der Waals surface area contributed by atoms with Gasteiger partial charge in [-0.2, -0.15) is 5.26 Å². The maximum atomic E-state index is 12.8. The van der Waals surface area contributed by atoms with E-state index in [-0.39, 0.29) is 29.1 Å². The molecule has 1 aromatic rings. The van der Waals surface area contributed by atoms with E-state index in [9.17, 15) is 14.0 Å². The Hall–Kier alpha value is -2.07. The Morgan fingerprint density at radius 3 is 2.80 bits per heavy atom. The van der Waals surface area contributed by atoms with Gasteiger partial charge in [-0.05, 0) is 24.3 Å². The summed E-state index contributed by atoms with van der Waals surface area (Å²) in [4.78, 5) is 24.8. The zero-order chi connectivity index (χ0) is 14.5. The number of thioether (sulfide) groups is 1. The van der Waals surface area contributed by atoms with Gasteiger partial charge in [0.15, 0.2) is 0 Å². The molecule has 1 aliphatic heterocycles. The Morgan fingerprint density at radius 2 is 2.20 bits per heavy atom. The number of hydrogen-bond donors (Lipinski definition) is 1. The molecule has 0 spiro atoms. The molecule has 0 radical (unpaired) electrons. The Labute approximate surface area is 119 Å².